The van der Waals surface area contributed by atoms with Crippen LogP contribution in [0.15, 0.2) is 0 Å². The highest BCUT2D eigenvalue weighted by atomic mass is 31.2. The van der Waals surface area contributed by atoms with Crippen molar-refractivity contribution in [3.8, 4) is 0 Å². The molecule has 1 amide bonds. The van der Waals surface area contributed by atoms with Crippen molar-refractivity contribution in [1.82, 2.24) is 5.32 Å². The summed E-state index contributed by atoms with van der Waals surface area (Å²) in [5.74, 6) is -0.238. The van der Waals surface area contributed by atoms with Crippen LogP contribution in [-0.2, 0) is 18.4 Å². The maximum Gasteiger partial charge on any atom is 0.472 e. The van der Waals surface area contributed by atoms with Gasteiger partial charge in [0.05, 0.1) is 39.9 Å². The molecule has 3 unspecified atom stereocenters. The Morgan fingerprint density at radius 2 is 1.52 bits per heavy atom. The number of phosphoric ester groups is 1. The molecule has 0 aromatic carbocycles. The van der Waals surface area contributed by atoms with E-state index >= 15 is 0 Å². The zero-order valence-electron chi connectivity index (χ0n) is 20.5. The van der Waals surface area contributed by atoms with E-state index in [2.05, 4.69) is 12.2 Å². The predicted molar refractivity (Wildman–Crippen MR) is 125 cm³/mol. The Bertz CT molecular complexity index is 513. The molecule has 3 N–H and O–H groups in total. The van der Waals surface area contributed by atoms with Crippen LogP contribution in [0.4, 0.5) is 0 Å². The number of hydrogen-bond acceptors (Lipinski definition) is 5. The number of phosphoric acid groups is 1. The van der Waals surface area contributed by atoms with Crippen molar-refractivity contribution in [3.05, 3.63) is 0 Å². The van der Waals surface area contributed by atoms with Crippen molar-refractivity contribution in [2.75, 3.05) is 40.9 Å². The van der Waals surface area contributed by atoms with E-state index in [1.54, 1.807) is 6.92 Å². The number of unbranched alkanes of at least 4 members (excludes halogenated alkanes) is 8. The molecule has 0 heterocycles. The average molecular weight is 468 g/mol. The monoisotopic (exact) mass is 467 g/mol. The molecule has 8 nitrogen and oxygen atoms in total. The molecule has 3 atom stereocenters. The van der Waals surface area contributed by atoms with Gasteiger partial charge in [-0.25, -0.2) is 4.57 Å². The van der Waals surface area contributed by atoms with Crippen LogP contribution in [0.2, 0.25) is 0 Å². The molecular formula is C22H48N2O6P+. The number of carbonyl (C=O) groups excluding carboxylic acids is 1. The van der Waals surface area contributed by atoms with Gasteiger partial charge >= 0.3 is 7.82 Å². The van der Waals surface area contributed by atoms with Gasteiger partial charge in [0.25, 0.3) is 0 Å². The summed E-state index contributed by atoms with van der Waals surface area (Å²) in [7, 11) is 1.60. The summed E-state index contributed by atoms with van der Waals surface area (Å²) in [4.78, 5) is 21.7. The molecule has 31 heavy (non-hydrogen) atoms. The van der Waals surface area contributed by atoms with Crippen LogP contribution in [0.25, 0.3) is 0 Å². The Labute approximate surface area is 189 Å². The maximum absolute atomic E-state index is 12.1. The van der Waals surface area contributed by atoms with Gasteiger partial charge < -0.3 is 19.8 Å². The number of nitrogens with zero attached hydrogens (tertiary/aromatic N) is 1. The second-order valence-electron chi connectivity index (χ2n) is 9.32. The number of hydrogen-bond donors (Lipinski definition) is 3. The summed E-state index contributed by atoms with van der Waals surface area (Å²) >= 11 is 0. The predicted octanol–water partition coefficient (Wildman–Crippen LogP) is 4.00. The highest BCUT2D eigenvalue weighted by molar-refractivity contribution is 7.47. The summed E-state index contributed by atoms with van der Waals surface area (Å²) < 4.78 is 22.8. The molecule has 0 bridgehead atoms. The number of amides is 1. The first-order chi connectivity index (χ1) is 14.5. The Kier molecular flexibility index (Phi) is 16.8. The SMILES string of the molecule is CCCCCCCCCCCC(O)C(COP(=O)(O)OCC[N+](C)(C)C)NC(=O)CC. The van der Waals surface area contributed by atoms with Crippen molar-refractivity contribution >= 4 is 13.7 Å². The lowest BCUT2D eigenvalue weighted by atomic mass is 10.0. The van der Waals surface area contributed by atoms with E-state index in [0.29, 0.717) is 17.4 Å². The average Bonchev–Trinajstić information content (AvgIpc) is 2.68. The Morgan fingerprint density at radius 1 is 0.968 bits per heavy atom. The topological polar surface area (TPSA) is 105 Å². The van der Waals surface area contributed by atoms with Crippen molar-refractivity contribution in [3.63, 3.8) is 0 Å². The third kappa shape index (κ3) is 18.7. The quantitative estimate of drug-likeness (QED) is 0.142. The molecule has 0 spiro atoms. The van der Waals surface area contributed by atoms with Crippen LogP contribution in [0.1, 0.15) is 84.5 Å². The molecule has 0 saturated carbocycles. The Morgan fingerprint density at radius 3 is 2.03 bits per heavy atom. The summed E-state index contributed by atoms with van der Waals surface area (Å²) in [5, 5.41) is 13.2. The second-order valence-corrected chi connectivity index (χ2v) is 10.8. The van der Waals surface area contributed by atoms with Crippen LogP contribution < -0.4 is 5.32 Å². The second kappa shape index (κ2) is 17.0. The highest BCUT2D eigenvalue weighted by Crippen LogP contribution is 2.43. The number of rotatable bonds is 20. The smallest absolute Gasteiger partial charge is 0.391 e. The van der Waals surface area contributed by atoms with Gasteiger partial charge in [-0.1, -0.05) is 71.6 Å². The minimum Gasteiger partial charge on any atom is -0.391 e. The van der Waals surface area contributed by atoms with Gasteiger partial charge in [-0.15, -0.1) is 0 Å². The molecule has 0 radical (unpaired) electrons. The molecule has 186 valence electrons. The zero-order chi connectivity index (χ0) is 23.8. The fourth-order valence-electron chi connectivity index (χ4n) is 3.06. The van der Waals surface area contributed by atoms with E-state index in [9.17, 15) is 19.4 Å². The van der Waals surface area contributed by atoms with Gasteiger partial charge in [0.2, 0.25) is 5.91 Å². The van der Waals surface area contributed by atoms with Crippen molar-refractivity contribution in [2.24, 2.45) is 0 Å². The number of nitrogens with one attached hydrogen (secondary N) is 1. The summed E-state index contributed by atoms with van der Waals surface area (Å²) in [6.45, 7) is 4.27. The van der Waals surface area contributed by atoms with Gasteiger partial charge in [-0.05, 0) is 6.42 Å². The molecule has 0 fully saturated rings. The van der Waals surface area contributed by atoms with Gasteiger partial charge in [0.15, 0.2) is 0 Å². The standard InChI is InChI=1S/C22H47N2O6P/c1-6-8-9-10-11-12-13-14-15-16-21(25)20(23-22(26)7-2)19-30-31(27,28)29-18-17-24(3,4)5/h20-21,25H,6-19H2,1-5H3,(H-,23,26,27,28)/p+1. The maximum atomic E-state index is 12.1. The third-order valence-electron chi connectivity index (χ3n) is 5.17. The van der Waals surface area contributed by atoms with Gasteiger partial charge in [0, 0.05) is 6.42 Å². The van der Waals surface area contributed by atoms with E-state index in [1.807, 2.05) is 21.1 Å². The number of carbonyl (C=O) groups is 1. The highest BCUT2D eigenvalue weighted by Gasteiger charge is 2.28. The third-order valence-corrected chi connectivity index (χ3v) is 6.15. The Hall–Kier alpha value is -0.500. The minimum atomic E-state index is -4.25. The molecule has 0 rings (SSSR count). The van der Waals surface area contributed by atoms with Gasteiger partial charge in [-0.2, -0.15) is 0 Å². The first-order valence-electron chi connectivity index (χ1n) is 11.9. The molecule has 0 aliphatic heterocycles. The largest absolute Gasteiger partial charge is 0.472 e. The summed E-state index contributed by atoms with van der Waals surface area (Å²) in [6.07, 6.45) is 10.5. The lowest BCUT2D eigenvalue weighted by Gasteiger charge is -2.26. The van der Waals surface area contributed by atoms with Crippen LogP contribution in [0, 0.1) is 0 Å². The molecule has 0 aromatic rings. The molecular weight excluding hydrogens is 419 g/mol. The fraction of sp³-hybridized carbons (Fsp3) is 0.955. The van der Waals surface area contributed by atoms with Crippen LogP contribution >= 0.6 is 7.82 Å². The molecule has 0 aliphatic carbocycles. The van der Waals surface area contributed by atoms with Gasteiger partial charge in [0.1, 0.15) is 13.2 Å². The van der Waals surface area contributed by atoms with E-state index in [-0.39, 0.29) is 25.5 Å². The van der Waals surface area contributed by atoms with E-state index < -0.39 is 20.0 Å². The van der Waals surface area contributed by atoms with E-state index in [0.717, 1.165) is 19.3 Å². The first-order valence-corrected chi connectivity index (χ1v) is 13.4. The molecule has 0 saturated heterocycles. The number of aliphatic hydroxyl groups excluding tert-OH is 1. The first kappa shape index (κ1) is 30.5. The van der Waals surface area contributed by atoms with E-state index in [4.69, 9.17) is 9.05 Å². The zero-order valence-corrected chi connectivity index (χ0v) is 21.4. The number of aliphatic hydroxyl groups is 1. The van der Waals surface area contributed by atoms with Crippen molar-refractivity contribution < 1.29 is 32.9 Å². The Balaban J connectivity index is 4.35. The van der Waals surface area contributed by atoms with Crippen LogP contribution in [0.5, 0.6) is 0 Å². The number of quaternary nitrogens is 1. The normalized spacial score (nSPS) is 16.0. The minimum absolute atomic E-state index is 0.0737. The van der Waals surface area contributed by atoms with Crippen molar-refractivity contribution in [1.29, 1.82) is 0 Å². The number of likely N-dealkylation sites (N-methyl/N-ethyl adjacent to an activating group) is 1. The lowest BCUT2D eigenvalue weighted by molar-refractivity contribution is -0.870. The van der Waals surface area contributed by atoms with Crippen LogP contribution in [0.3, 0.4) is 0 Å². The van der Waals surface area contributed by atoms with Crippen molar-refractivity contribution in [2.45, 2.75) is 96.6 Å². The lowest BCUT2D eigenvalue weighted by Crippen LogP contribution is -2.46. The van der Waals surface area contributed by atoms with Gasteiger partial charge in [-0.3, -0.25) is 13.8 Å². The van der Waals surface area contributed by atoms with E-state index in [1.165, 1.54) is 38.5 Å². The van der Waals surface area contributed by atoms with Crippen LogP contribution in [-0.4, -0.2) is 73.4 Å². The summed E-state index contributed by atoms with van der Waals surface area (Å²) in [6, 6.07) is -0.746. The molecule has 0 aromatic heterocycles. The fourth-order valence-corrected chi connectivity index (χ4v) is 3.80. The molecule has 9 heteroatoms. The summed E-state index contributed by atoms with van der Waals surface area (Å²) in [5.41, 5.74) is 0. The molecule has 0 aliphatic rings.